The number of hydrogen-bond donors (Lipinski definition) is 0. The number of amides is 2. The molecule has 0 N–H and O–H groups in total. The van der Waals surface area contributed by atoms with Crippen molar-refractivity contribution in [2.24, 2.45) is 0 Å². The van der Waals surface area contributed by atoms with Gasteiger partial charge in [0.05, 0.1) is 23.6 Å². The van der Waals surface area contributed by atoms with Crippen LogP contribution in [0.4, 0.5) is 0 Å². The van der Waals surface area contributed by atoms with Crippen molar-refractivity contribution >= 4 is 21.7 Å². The minimum atomic E-state index is -3.30. The Balaban J connectivity index is 1.85. The summed E-state index contributed by atoms with van der Waals surface area (Å²) in [6.45, 7) is 2.59. The molecular formula is C18H24N2O5S. The summed E-state index contributed by atoms with van der Waals surface area (Å²) in [7, 11) is -1.87. The number of hydrogen-bond acceptors (Lipinski definition) is 5. The average Bonchev–Trinajstić information content (AvgIpc) is 2.95. The largest absolute Gasteiger partial charge is 0.375 e. The second-order valence-corrected chi connectivity index (χ2v) is 8.93. The number of carbonyl (C=O) groups is 2. The number of benzene rings is 1. The fourth-order valence-corrected chi connectivity index (χ4v) is 5.75. The highest BCUT2D eigenvalue weighted by Gasteiger charge is 2.49. The molecule has 1 aromatic carbocycles. The van der Waals surface area contributed by atoms with Crippen LogP contribution in [0, 0.1) is 0 Å². The van der Waals surface area contributed by atoms with E-state index in [4.69, 9.17) is 4.74 Å². The Bertz CT molecular complexity index is 790. The summed E-state index contributed by atoms with van der Waals surface area (Å²) in [5, 5.41) is 0. The zero-order valence-corrected chi connectivity index (χ0v) is 15.9. The number of ether oxygens (including phenoxy) is 1. The van der Waals surface area contributed by atoms with E-state index >= 15 is 0 Å². The molecule has 2 amide bonds. The molecule has 0 bridgehead atoms. The molecule has 0 aromatic heterocycles. The van der Waals surface area contributed by atoms with Crippen LogP contribution < -0.4 is 0 Å². The predicted molar refractivity (Wildman–Crippen MR) is 96.7 cm³/mol. The van der Waals surface area contributed by atoms with Crippen LogP contribution >= 0.6 is 0 Å². The molecule has 0 spiro atoms. The zero-order chi connectivity index (χ0) is 18.9. The minimum Gasteiger partial charge on any atom is -0.375 e. The van der Waals surface area contributed by atoms with E-state index in [1.807, 2.05) is 19.1 Å². The normalized spacial score (nSPS) is 24.4. The first-order valence-electron chi connectivity index (χ1n) is 8.75. The van der Waals surface area contributed by atoms with E-state index in [-0.39, 0.29) is 29.9 Å². The minimum absolute atomic E-state index is 0.0876. The summed E-state index contributed by atoms with van der Waals surface area (Å²) in [5.41, 5.74) is 1.68. The van der Waals surface area contributed by atoms with Gasteiger partial charge in [0.15, 0.2) is 9.84 Å². The van der Waals surface area contributed by atoms with Gasteiger partial charge in [-0.1, -0.05) is 19.1 Å². The molecule has 26 heavy (non-hydrogen) atoms. The molecule has 2 atom stereocenters. The number of carbonyl (C=O) groups excluding carboxylic acids is 2. The Morgan fingerprint density at radius 2 is 1.65 bits per heavy atom. The molecule has 2 aliphatic heterocycles. The van der Waals surface area contributed by atoms with Crippen LogP contribution in [-0.2, 0) is 25.8 Å². The highest BCUT2D eigenvalue weighted by molar-refractivity contribution is 7.91. The van der Waals surface area contributed by atoms with Crippen molar-refractivity contribution in [1.82, 2.24) is 9.80 Å². The molecule has 8 heteroatoms. The molecule has 2 heterocycles. The van der Waals surface area contributed by atoms with E-state index in [1.165, 1.54) is 7.11 Å². The molecule has 3 rings (SSSR count). The molecule has 2 fully saturated rings. The first-order valence-corrected chi connectivity index (χ1v) is 10.6. The van der Waals surface area contributed by atoms with E-state index in [2.05, 4.69) is 0 Å². The van der Waals surface area contributed by atoms with Gasteiger partial charge in [-0.05, 0) is 24.1 Å². The maximum Gasteiger partial charge on any atom is 0.254 e. The molecular weight excluding hydrogens is 356 g/mol. The lowest BCUT2D eigenvalue weighted by molar-refractivity contribution is -0.140. The maximum atomic E-state index is 13.0. The standard InChI is InChI=1S/C18H24N2O5S/c1-3-13-4-6-14(7-5-13)18(22)20-9-8-19(17(21)10-25-2)15-11-26(23,24)12-16(15)20/h4-7,15-16H,3,8-12H2,1-2H3/t15-,16+/m1/s1. The van der Waals surface area contributed by atoms with Crippen molar-refractivity contribution in [1.29, 1.82) is 0 Å². The Morgan fingerprint density at radius 1 is 1.08 bits per heavy atom. The van der Waals surface area contributed by atoms with Gasteiger partial charge in [-0.2, -0.15) is 0 Å². The molecule has 1 aromatic rings. The van der Waals surface area contributed by atoms with Gasteiger partial charge in [-0.15, -0.1) is 0 Å². The quantitative estimate of drug-likeness (QED) is 0.752. The van der Waals surface area contributed by atoms with E-state index < -0.39 is 21.9 Å². The predicted octanol–water partition coefficient (Wildman–Crippen LogP) is 0.345. The molecule has 0 unspecified atom stereocenters. The van der Waals surface area contributed by atoms with Crippen molar-refractivity contribution in [3.8, 4) is 0 Å². The molecule has 2 saturated heterocycles. The number of piperazine rings is 1. The van der Waals surface area contributed by atoms with E-state index in [9.17, 15) is 18.0 Å². The zero-order valence-electron chi connectivity index (χ0n) is 15.1. The number of aryl methyl sites for hydroxylation is 1. The topological polar surface area (TPSA) is 84.0 Å². The molecule has 142 valence electrons. The lowest BCUT2D eigenvalue weighted by Gasteiger charge is -2.43. The van der Waals surface area contributed by atoms with E-state index in [1.54, 1.807) is 21.9 Å². The fourth-order valence-electron chi connectivity index (χ4n) is 3.77. The SMILES string of the molecule is CCc1ccc(C(=O)N2CCN(C(=O)COC)[C@@H]3CS(=O)(=O)C[C@@H]32)cc1. The van der Waals surface area contributed by atoms with Crippen LogP contribution in [0.5, 0.6) is 0 Å². The summed E-state index contributed by atoms with van der Waals surface area (Å²) >= 11 is 0. The molecule has 0 aliphatic carbocycles. The lowest BCUT2D eigenvalue weighted by Crippen LogP contribution is -2.62. The third-order valence-corrected chi connectivity index (χ3v) is 6.83. The van der Waals surface area contributed by atoms with Crippen molar-refractivity contribution in [3.63, 3.8) is 0 Å². The number of sulfone groups is 1. The summed E-state index contributed by atoms with van der Waals surface area (Å²) in [6, 6.07) is 6.37. The first kappa shape index (κ1) is 18.8. The monoisotopic (exact) mass is 380 g/mol. The van der Waals surface area contributed by atoms with Crippen LogP contribution in [-0.4, -0.2) is 80.4 Å². The van der Waals surface area contributed by atoms with Gasteiger partial charge in [0.25, 0.3) is 5.91 Å². The molecule has 7 nitrogen and oxygen atoms in total. The average molecular weight is 380 g/mol. The summed E-state index contributed by atoms with van der Waals surface area (Å²) in [5.74, 6) is -0.628. The molecule has 0 saturated carbocycles. The van der Waals surface area contributed by atoms with Gasteiger partial charge in [-0.25, -0.2) is 8.42 Å². The van der Waals surface area contributed by atoms with Crippen LogP contribution in [0.3, 0.4) is 0 Å². The third kappa shape index (κ3) is 3.61. The Kier molecular flexibility index (Phi) is 5.34. The summed E-state index contributed by atoms with van der Waals surface area (Å²) < 4.78 is 29.3. The van der Waals surface area contributed by atoms with E-state index in [0.29, 0.717) is 18.7 Å². The van der Waals surface area contributed by atoms with Crippen LogP contribution in [0.2, 0.25) is 0 Å². The summed E-state index contributed by atoms with van der Waals surface area (Å²) in [6.07, 6.45) is 0.887. The maximum absolute atomic E-state index is 13.0. The van der Waals surface area contributed by atoms with Gasteiger partial charge >= 0.3 is 0 Å². The van der Waals surface area contributed by atoms with Crippen molar-refractivity contribution < 1.29 is 22.7 Å². The second-order valence-electron chi connectivity index (χ2n) is 6.78. The second kappa shape index (κ2) is 7.36. The van der Waals surface area contributed by atoms with Crippen molar-refractivity contribution in [2.45, 2.75) is 25.4 Å². The van der Waals surface area contributed by atoms with Gasteiger partial charge in [-0.3, -0.25) is 9.59 Å². The fraction of sp³-hybridized carbons (Fsp3) is 0.556. The van der Waals surface area contributed by atoms with Crippen molar-refractivity contribution in [3.05, 3.63) is 35.4 Å². The first-order chi connectivity index (χ1) is 12.4. The third-order valence-electron chi connectivity index (χ3n) is 5.13. The highest BCUT2D eigenvalue weighted by Crippen LogP contribution is 2.28. The number of fused-ring (bicyclic) bond motifs is 1. The van der Waals surface area contributed by atoms with Crippen molar-refractivity contribution in [2.75, 3.05) is 38.3 Å². The van der Waals surface area contributed by atoms with Crippen LogP contribution in [0.25, 0.3) is 0 Å². The van der Waals surface area contributed by atoms with Gasteiger partial charge in [0.2, 0.25) is 5.91 Å². The Labute approximate surface area is 153 Å². The molecule has 0 radical (unpaired) electrons. The number of methoxy groups -OCH3 is 1. The number of nitrogens with zero attached hydrogens (tertiary/aromatic N) is 2. The summed E-state index contributed by atoms with van der Waals surface area (Å²) in [4.78, 5) is 28.4. The van der Waals surface area contributed by atoms with Gasteiger partial charge in [0, 0.05) is 25.8 Å². The van der Waals surface area contributed by atoms with E-state index in [0.717, 1.165) is 12.0 Å². The smallest absolute Gasteiger partial charge is 0.254 e. The number of rotatable bonds is 4. The lowest BCUT2D eigenvalue weighted by atomic mass is 10.0. The molecule has 2 aliphatic rings. The van der Waals surface area contributed by atoms with Gasteiger partial charge in [0.1, 0.15) is 6.61 Å². The Morgan fingerprint density at radius 3 is 2.23 bits per heavy atom. The van der Waals surface area contributed by atoms with Crippen LogP contribution in [0.15, 0.2) is 24.3 Å². The van der Waals surface area contributed by atoms with Crippen LogP contribution in [0.1, 0.15) is 22.8 Å². The Hall–Kier alpha value is -1.93. The van der Waals surface area contributed by atoms with Gasteiger partial charge < -0.3 is 14.5 Å². The highest BCUT2D eigenvalue weighted by atomic mass is 32.2.